The highest BCUT2D eigenvalue weighted by Gasteiger charge is 2.29. The van der Waals surface area contributed by atoms with Crippen molar-refractivity contribution in [3.8, 4) is 0 Å². The number of likely N-dealkylation sites (tertiary alicyclic amines) is 2. The summed E-state index contributed by atoms with van der Waals surface area (Å²) < 4.78 is 0. The van der Waals surface area contributed by atoms with Crippen molar-refractivity contribution in [2.75, 3.05) is 39.8 Å². The largest absolute Gasteiger partial charge is 0.356 e. The van der Waals surface area contributed by atoms with Gasteiger partial charge < -0.3 is 15.1 Å². The minimum atomic E-state index is 0.644. The van der Waals surface area contributed by atoms with Crippen LogP contribution in [0.4, 0.5) is 0 Å². The number of hydrogen-bond acceptors (Lipinski definition) is 2. The number of piperidine rings is 2. The second-order valence-electron chi connectivity index (χ2n) is 8.75. The van der Waals surface area contributed by atoms with E-state index in [4.69, 9.17) is 0 Å². The lowest BCUT2D eigenvalue weighted by Gasteiger charge is -2.40. The Hall–Kier alpha value is -1.55. The summed E-state index contributed by atoms with van der Waals surface area (Å²) >= 11 is 0. The van der Waals surface area contributed by atoms with E-state index >= 15 is 0 Å². The fourth-order valence-corrected chi connectivity index (χ4v) is 4.83. The number of benzene rings is 1. The molecule has 2 saturated heterocycles. The number of nitrogens with one attached hydrogen (secondary N) is 1. The van der Waals surface area contributed by atoms with Crippen molar-refractivity contribution in [2.24, 2.45) is 16.8 Å². The SMILES string of the molecule is CN=C(NCC1CCCN(C(C)C)C1)N1CCC(c2ccccc2)C(C)C1. The van der Waals surface area contributed by atoms with Crippen LogP contribution >= 0.6 is 0 Å². The minimum absolute atomic E-state index is 0.644. The first-order valence-electron chi connectivity index (χ1n) is 10.8. The molecule has 2 fully saturated rings. The van der Waals surface area contributed by atoms with Gasteiger partial charge in [0, 0.05) is 39.3 Å². The molecule has 27 heavy (non-hydrogen) atoms. The zero-order valence-corrected chi connectivity index (χ0v) is 17.7. The zero-order chi connectivity index (χ0) is 19.2. The summed E-state index contributed by atoms with van der Waals surface area (Å²) in [6.07, 6.45) is 3.86. The van der Waals surface area contributed by atoms with Crippen LogP contribution < -0.4 is 5.32 Å². The molecule has 2 aliphatic heterocycles. The standard InChI is InChI=1S/C23H38N4/c1-18(2)26-13-8-9-20(17-26)15-25-23(24-4)27-14-12-22(19(3)16-27)21-10-6-5-7-11-21/h5-7,10-11,18-20,22H,8-9,12-17H2,1-4H3,(H,24,25). The second-order valence-corrected chi connectivity index (χ2v) is 8.75. The number of aliphatic imine (C=N–C) groups is 1. The Kier molecular flexibility index (Phi) is 7.17. The molecule has 0 spiro atoms. The summed E-state index contributed by atoms with van der Waals surface area (Å²) in [5.74, 6) is 3.14. The highest BCUT2D eigenvalue weighted by atomic mass is 15.3. The summed E-state index contributed by atoms with van der Waals surface area (Å²) in [5, 5.41) is 3.69. The Morgan fingerprint density at radius 3 is 2.59 bits per heavy atom. The van der Waals surface area contributed by atoms with Crippen LogP contribution in [0.3, 0.4) is 0 Å². The molecule has 0 radical (unpaired) electrons. The zero-order valence-electron chi connectivity index (χ0n) is 17.7. The molecule has 3 atom stereocenters. The molecule has 1 aromatic rings. The van der Waals surface area contributed by atoms with Crippen LogP contribution in [-0.2, 0) is 0 Å². The van der Waals surface area contributed by atoms with Crippen molar-refractivity contribution in [3.63, 3.8) is 0 Å². The fraction of sp³-hybridized carbons (Fsp3) is 0.696. The third-order valence-electron chi connectivity index (χ3n) is 6.47. The third-order valence-corrected chi connectivity index (χ3v) is 6.47. The summed E-state index contributed by atoms with van der Waals surface area (Å²) in [7, 11) is 1.93. The molecule has 1 aromatic carbocycles. The van der Waals surface area contributed by atoms with Crippen LogP contribution in [-0.4, -0.2) is 61.6 Å². The van der Waals surface area contributed by atoms with Gasteiger partial charge in [0.05, 0.1) is 0 Å². The molecule has 2 heterocycles. The van der Waals surface area contributed by atoms with Crippen LogP contribution in [0.1, 0.15) is 51.5 Å². The van der Waals surface area contributed by atoms with Gasteiger partial charge in [0.2, 0.25) is 0 Å². The van der Waals surface area contributed by atoms with Gasteiger partial charge in [-0.1, -0.05) is 37.3 Å². The number of rotatable bonds is 4. The Morgan fingerprint density at radius 2 is 1.93 bits per heavy atom. The van der Waals surface area contributed by atoms with Crippen molar-refractivity contribution in [1.82, 2.24) is 15.1 Å². The monoisotopic (exact) mass is 370 g/mol. The third kappa shape index (κ3) is 5.25. The smallest absolute Gasteiger partial charge is 0.193 e. The average molecular weight is 371 g/mol. The van der Waals surface area contributed by atoms with E-state index in [9.17, 15) is 0 Å². The van der Waals surface area contributed by atoms with Crippen molar-refractivity contribution in [1.29, 1.82) is 0 Å². The Labute approximate surface area is 166 Å². The fourth-order valence-electron chi connectivity index (χ4n) is 4.83. The first-order valence-corrected chi connectivity index (χ1v) is 10.8. The lowest BCUT2D eigenvalue weighted by atomic mass is 9.82. The predicted octanol–water partition coefficient (Wildman–Crippen LogP) is 3.81. The van der Waals surface area contributed by atoms with Crippen molar-refractivity contribution < 1.29 is 0 Å². The number of nitrogens with zero attached hydrogens (tertiary/aromatic N) is 3. The van der Waals surface area contributed by atoms with Crippen LogP contribution in [0.25, 0.3) is 0 Å². The van der Waals surface area contributed by atoms with E-state index in [0.29, 0.717) is 17.9 Å². The highest BCUT2D eigenvalue weighted by Crippen LogP contribution is 2.32. The second kappa shape index (κ2) is 9.59. The number of hydrogen-bond donors (Lipinski definition) is 1. The van der Waals surface area contributed by atoms with Crippen LogP contribution in [0.15, 0.2) is 35.3 Å². The van der Waals surface area contributed by atoms with E-state index in [1.54, 1.807) is 0 Å². The molecule has 0 saturated carbocycles. The van der Waals surface area contributed by atoms with Crippen molar-refractivity contribution >= 4 is 5.96 Å². The summed E-state index contributed by atoms with van der Waals surface area (Å²) in [4.78, 5) is 9.68. The molecule has 3 rings (SSSR count). The molecule has 4 heteroatoms. The van der Waals surface area contributed by atoms with Gasteiger partial charge in [0.25, 0.3) is 0 Å². The molecule has 1 N–H and O–H groups in total. The summed E-state index contributed by atoms with van der Waals surface area (Å²) in [6, 6.07) is 11.7. The molecule has 0 amide bonds. The molecule has 2 aliphatic rings. The molecular weight excluding hydrogens is 332 g/mol. The van der Waals surface area contributed by atoms with Crippen LogP contribution in [0, 0.1) is 11.8 Å². The van der Waals surface area contributed by atoms with E-state index in [1.165, 1.54) is 37.9 Å². The van der Waals surface area contributed by atoms with Crippen molar-refractivity contribution in [3.05, 3.63) is 35.9 Å². The first kappa shape index (κ1) is 20.2. The minimum Gasteiger partial charge on any atom is -0.356 e. The van der Waals surface area contributed by atoms with Gasteiger partial charge in [-0.2, -0.15) is 0 Å². The normalized spacial score (nSPS) is 27.8. The lowest BCUT2D eigenvalue weighted by molar-refractivity contribution is 0.140. The Morgan fingerprint density at radius 1 is 1.15 bits per heavy atom. The summed E-state index contributed by atoms with van der Waals surface area (Å²) in [6.45, 7) is 12.7. The van der Waals surface area contributed by atoms with Crippen LogP contribution in [0.5, 0.6) is 0 Å². The Bertz CT molecular complexity index is 598. The molecular formula is C23H38N4. The van der Waals surface area contributed by atoms with Gasteiger partial charge in [-0.3, -0.25) is 4.99 Å². The first-order chi connectivity index (χ1) is 13.1. The topological polar surface area (TPSA) is 30.9 Å². The maximum Gasteiger partial charge on any atom is 0.193 e. The van der Waals surface area contributed by atoms with Crippen LogP contribution in [0.2, 0.25) is 0 Å². The van der Waals surface area contributed by atoms with E-state index in [2.05, 4.69) is 71.2 Å². The maximum atomic E-state index is 4.60. The van der Waals surface area contributed by atoms with Gasteiger partial charge in [-0.25, -0.2) is 0 Å². The average Bonchev–Trinajstić information content (AvgIpc) is 2.69. The van der Waals surface area contributed by atoms with Gasteiger partial charge in [0.15, 0.2) is 5.96 Å². The molecule has 0 bridgehead atoms. The van der Waals surface area contributed by atoms with Crippen molar-refractivity contribution in [2.45, 2.75) is 52.0 Å². The van der Waals surface area contributed by atoms with E-state index in [1.807, 2.05) is 7.05 Å². The maximum absolute atomic E-state index is 4.60. The molecule has 0 aromatic heterocycles. The van der Waals surface area contributed by atoms with Gasteiger partial charge in [0.1, 0.15) is 0 Å². The molecule has 4 nitrogen and oxygen atoms in total. The quantitative estimate of drug-likeness (QED) is 0.646. The molecule has 0 aliphatic carbocycles. The Balaban J connectivity index is 1.51. The van der Waals surface area contributed by atoms with Gasteiger partial charge in [-0.15, -0.1) is 0 Å². The lowest BCUT2D eigenvalue weighted by Crippen LogP contribution is -2.50. The van der Waals surface area contributed by atoms with Gasteiger partial charge in [-0.05, 0) is 63.0 Å². The van der Waals surface area contributed by atoms with E-state index in [0.717, 1.165) is 31.5 Å². The summed E-state index contributed by atoms with van der Waals surface area (Å²) in [5.41, 5.74) is 1.49. The van der Waals surface area contributed by atoms with Gasteiger partial charge >= 0.3 is 0 Å². The van der Waals surface area contributed by atoms with E-state index in [-0.39, 0.29) is 0 Å². The predicted molar refractivity (Wildman–Crippen MR) is 115 cm³/mol. The molecule has 150 valence electrons. The highest BCUT2D eigenvalue weighted by molar-refractivity contribution is 5.80. The number of guanidine groups is 1. The van der Waals surface area contributed by atoms with E-state index < -0.39 is 0 Å². The molecule has 3 unspecified atom stereocenters.